The normalized spacial score (nSPS) is 20.6. The summed E-state index contributed by atoms with van der Waals surface area (Å²) in [5, 5.41) is 10.7. The molecule has 0 spiro atoms. The van der Waals surface area contributed by atoms with E-state index in [2.05, 4.69) is 0 Å². The van der Waals surface area contributed by atoms with Crippen molar-refractivity contribution in [2.45, 2.75) is 89.3 Å². The Bertz CT molecular complexity index is 656. The average molecular weight is 403 g/mol. The van der Waals surface area contributed by atoms with Crippen LogP contribution in [0.4, 0.5) is 0 Å². The summed E-state index contributed by atoms with van der Waals surface area (Å²) in [7, 11) is 0. The van der Waals surface area contributed by atoms with Crippen molar-refractivity contribution >= 4 is 11.8 Å². The van der Waals surface area contributed by atoms with Gasteiger partial charge in [0.1, 0.15) is 11.5 Å². The van der Waals surface area contributed by atoms with Crippen LogP contribution in [0.1, 0.15) is 82.6 Å². The summed E-state index contributed by atoms with van der Waals surface area (Å²) in [5.74, 6) is -0.998. The van der Waals surface area contributed by atoms with E-state index in [-0.39, 0.29) is 24.4 Å². The Morgan fingerprint density at radius 2 is 1.55 bits per heavy atom. The molecule has 0 bridgehead atoms. The van der Waals surface area contributed by atoms with Gasteiger partial charge in [0.05, 0.1) is 18.6 Å². The zero-order valence-electron chi connectivity index (χ0n) is 17.5. The van der Waals surface area contributed by atoms with Crippen LogP contribution in [-0.4, -0.2) is 35.7 Å². The summed E-state index contributed by atoms with van der Waals surface area (Å²) < 4.78 is 11.1. The van der Waals surface area contributed by atoms with Crippen LogP contribution in [0.5, 0.6) is 5.75 Å². The first-order chi connectivity index (χ1) is 14.1. The Hall–Kier alpha value is -1.88. The molecule has 29 heavy (non-hydrogen) atoms. The van der Waals surface area contributed by atoms with Crippen molar-refractivity contribution in [2.24, 2.45) is 5.92 Å². The van der Waals surface area contributed by atoms with E-state index < -0.39 is 18.0 Å². The number of hydrogen-bond donors (Lipinski definition) is 1. The second-order valence-electron chi connectivity index (χ2n) is 8.36. The fraction of sp³-hybridized carbons (Fsp3) is 0.667. The number of rotatable bonds is 8. The van der Waals surface area contributed by atoms with Crippen molar-refractivity contribution in [2.75, 3.05) is 6.61 Å². The van der Waals surface area contributed by atoms with Crippen LogP contribution in [-0.2, 0) is 14.3 Å². The number of carbonyl (C=O) groups excluding carboxylic acids is 2. The van der Waals surface area contributed by atoms with E-state index >= 15 is 0 Å². The number of carbonyl (C=O) groups is 2. The number of benzene rings is 1. The highest BCUT2D eigenvalue weighted by atomic mass is 16.5. The Labute approximate surface area is 173 Å². The molecular weight excluding hydrogens is 368 g/mol. The minimum atomic E-state index is -1.48. The third-order valence-electron chi connectivity index (χ3n) is 6.25. The number of ether oxygens (including phenoxy) is 2. The molecule has 3 rings (SSSR count). The van der Waals surface area contributed by atoms with Crippen LogP contribution in [0.2, 0.25) is 0 Å². The van der Waals surface area contributed by atoms with E-state index in [1.165, 1.54) is 19.3 Å². The molecule has 1 N–H and O–H groups in total. The molecule has 2 unspecified atom stereocenters. The largest absolute Gasteiger partial charge is 0.490 e. The molecule has 0 heterocycles. The summed E-state index contributed by atoms with van der Waals surface area (Å²) in [5.41, 5.74) is 0.650. The Morgan fingerprint density at radius 3 is 2.14 bits per heavy atom. The van der Waals surface area contributed by atoms with Crippen LogP contribution in [0, 0.1) is 5.92 Å². The van der Waals surface area contributed by atoms with Gasteiger partial charge in [-0.05, 0) is 63.1 Å². The molecule has 0 amide bonds. The summed E-state index contributed by atoms with van der Waals surface area (Å²) >= 11 is 0. The summed E-state index contributed by atoms with van der Waals surface area (Å²) in [6, 6.07) is 7.32. The molecule has 2 atom stereocenters. The van der Waals surface area contributed by atoms with Gasteiger partial charge >= 0.3 is 5.97 Å². The summed E-state index contributed by atoms with van der Waals surface area (Å²) in [6.45, 7) is 1.87. The summed E-state index contributed by atoms with van der Waals surface area (Å²) in [4.78, 5) is 25.5. The van der Waals surface area contributed by atoms with Crippen LogP contribution in [0.25, 0.3) is 0 Å². The van der Waals surface area contributed by atoms with Gasteiger partial charge in [-0.3, -0.25) is 4.79 Å². The quantitative estimate of drug-likeness (QED) is 0.646. The first-order valence-electron chi connectivity index (χ1n) is 11.2. The van der Waals surface area contributed by atoms with Gasteiger partial charge in [-0.25, -0.2) is 4.79 Å². The molecule has 0 saturated heterocycles. The van der Waals surface area contributed by atoms with Gasteiger partial charge in [-0.1, -0.05) is 37.8 Å². The maximum Gasteiger partial charge on any atom is 0.336 e. The van der Waals surface area contributed by atoms with Crippen LogP contribution >= 0.6 is 0 Å². The minimum Gasteiger partial charge on any atom is -0.490 e. The summed E-state index contributed by atoms with van der Waals surface area (Å²) in [6.07, 6.45) is 9.43. The lowest BCUT2D eigenvalue weighted by atomic mass is 9.77. The van der Waals surface area contributed by atoms with Crippen LogP contribution in [0.3, 0.4) is 0 Å². The topological polar surface area (TPSA) is 72.8 Å². The lowest BCUT2D eigenvalue weighted by Crippen LogP contribution is -2.37. The molecule has 2 aliphatic carbocycles. The number of aliphatic hydroxyl groups is 1. The maximum absolute atomic E-state index is 13.3. The standard InChI is InChI=1S/C24H34O5/c1-2-28-24(27)23(26)21(22(25)18-9-5-3-6-10-18)17-13-15-20(16-14-17)29-19-11-7-4-8-12-19/h13-16,18-19,21,23,26H,2-12H2,1H3. The van der Waals surface area contributed by atoms with E-state index in [0.717, 1.165) is 50.7 Å². The fourth-order valence-electron chi connectivity index (χ4n) is 4.64. The predicted molar refractivity (Wildman–Crippen MR) is 111 cm³/mol. The van der Waals surface area contributed by atoms with Gasteiger partial charge < -0.3 is 14.6 Å². The molecule has 0 aliphatic heterocycles. The van der Waals surface area contributed by atoms with Crippen molar-refractivity contribution in [1.82, 2.24) is 0 Å². The molecular formula is C24H34O5. The molecule has 5 nitrogen and oxygen atoms in total. The first kappa shape index (κ1) is 21.8. The lowest BCUT2D eigenvalue weighted by molar-refractivity contribution is -0.156. The minimum absolute atomic E-state index is 0.0498. The number of esters is 1. The number of Topliss-reactive ketones (excluding diaryl/α,β-unsaturated/α-hetero) is 1. The van der Waals surface area contributed by atoms with Gasteiger partial charge in [-0.15, -0.1) is 0 Å². The SMILES string of the molecule is CCOC(=O)C(O)C(C(=O)C1CCCCC1)c1ccc(OC2CCCCC2)cc1. The molecule has 1 aromatic rings. The second-order valence-corrected chi connectivity index (χ2v) is 8.36. The molecule has 1 aromatic carbocycles. The smallest absolute Gasteiger partial charge is 0.336 e. The van der Waals surface area contributed by atoms with E-state index in [0.29, 0.717) is 5.56 Å². The Kier molecular flexibility index (Phi) is 8.10. The first-order valence-corrected chi connectivity index (χ1v) is 11.2. The highest BCUT2D eigenvalue weighted by molar-refractivity contribution is 5.93. The molecule has 160 valence electrons. The monoisotopic (exact) mass is 402 g/mol. The molecule has 2 aliphatic rings. The van der Waals surface area contributed by atoms with Crippen molar-refractivity contribution in [3.63, 3.8) is 0 Å². The number of ketones is 1. The molecule has 2 fully saturated rings. The Morgan fingerprint density at radius 1 is 0.966 bits per heavy atom. The third kappa shape index (κ3) is 5.81. The molecule has 5 heteroatoms. The van der Waals surface area contributed by atoms with Crippen LogP contribution in [0.15, 0.2) is 24.3 Å². The zero-order chi connectivity index (χ0) is 20.6. The van der Waals surface area contributed by atoms with E-state index in [4.69, 9.17) is 9.47 Å². The van der Waals surface area contributed by atoms with Gasteiger partial charge in [0, 0.05) is 5.92 Å². The van der Waals surface area contributed by atoms with Gasteiger partial charge in [0.25, 0.3) is 0 Å². The Balaban J connectivity index is 1.76. The highest BCUT2D eigenvalue weighted by Crippen LogP contribution is 2.33. The fourth-order valence-corrected chi connectivity index (χ4v) is 4.64. The second kappa shape index (κ2) is 10.8. The van der Waals surface area contributed by atoms with Crippen molar-refractivity contribution in [1.29, 1.82) is 0 Å². The number of aliphatic hydroxyl groups excluding tert-OH is 1. The van der Waals surface area contributed by atoms with Gasteiger partial charge in [0.15, 0.2) is 6.10 Å². The van der Waals surface area contributed by atoms with Gasteiger partial charge in [-0.2, -0.15) is 0 Å². The van der Waals surface area contributed by atoms with E-state index in [1.807, 2.05) is 24.3 Å². The molecule has 0 radical (unpaired) electrons. The van der Waals surface area contributed by atoms with Crippen molar-refractivity contribution < 1.29 is 24.2 Å². The van der Waals surface area contributed by atoms with Crippen molar-refractivity contribution in [3.05, 3.63) is 29.8 Å². The van der Waals surface area contributed by atoms with E-state index in [9.17, 15) is 14.7 Å². The van der Waals surface area contributed by atoms with Gasteiger partial charge in [0.2, 0.25) is 0 Å². The predicted octanol–water partition coefficient (Wildman–Crippen LogP) is 4.56. The third-order valence-corrected chi connectivity index (χ3v) is 6.25. The van der Waals surface area contributed by atoms with E-state index in [1.54, 1.807) is 6.92 Å². The molecule has 2 saturated carbocycles. The van der Waals surface area contributed by atoms with Crippen LogP contribution < -0.4 is 4.74 Å². The van der Waals surface area contributed by atoms with Crippen molar-refractivity contribution in [3.8, 4) is 5.75 Å². The number of hydrogen-bond acceptors (Lipinski definition) is 5. The molecule has 0 aromatic heterocycles. The average Bonchev–Trinajstić information content (AvgIpc) is 2.76. The lowest BCUT2D eigenvalue weighted by Gasteiger charge is -2.28. The zero-order valence-corrected chi connectivity index (χ0v) is 17.5. The highest BCUT2D eigenvalue weighted by Gasteiger charge is 2.38. The maximum atomic E-state index is 13.3.